The van der Waals surface area contributed by atoms with Crippen molar-refractivity contribution in [3.63, 3.8) is 0 Å². The Hall–Kier alpha value is -0.900. The van der Waals surface area contributed by atoms with Crippen LogP contribution < -0.4 is 0 Å². The van der Waals surface area contributed by atoms with Gasteiger partial charge in [0.2, 0.25) is 0 Å². The minimum absolute atomic E-state index is 0.0185. The normalized spacial score (nSPS) is 28.6. The first kappa shape index (κ1) is 30.1. The van der Waals surface area contributed by atoms with Crippen LogP contribution in [0, 0.1) is 11.8 Å². The van der Waals surface area contributed by atoms with E-state index in [9.17, 15) is 15.0 Å². The Labute approximate surface area is 243 Å². The van der Waals surface area contributed by atoms with Crippen LogP contribution in [0.5, 0.6) is 0 Å². The highest BCUT2D eigenvalue weighted by atomic mass is 35.5. The van der Waals surface area contributed by atoms with Gasteiger partial charge < -0.3 is 24.4 Å². The van der Waals surface area contributed by atoms with Crippen LogP contribution in [-0.4, -0.2) is 58.9 Å². The van der Waals surface area contributed by atoms with Crippen LogP contribution in [0.4, 0.5) is 0 Å². The van der Waals surface area contributed by atoms with Gasteiger partial charge in [0.25, 0.3) is 0 Å². The molecule has 2 heterocycles. The number of alkyl halides is 1. The third-order valence-corrected chi connectivity index (χ3v) is 9.39. The van der Waals surface area contributed by atoms with Crippen molar-refractivity contribution in [3.8, 4) is 0 Å². The van der Waals surface area contributed by atoms with Gasteiger partial charge in [-0.25, -0.2) is 4.79 Å². The van der Waals surface area contributed by atoms with E-state index < -0.39 is 30.1 Å². The topological polar surface area (TPSA) is 85.2 Å². The van der Waals surface area contributed by atoms with Crippen LogP contribution in [-0.2, 0) is 27.1 Å². The van der Waals surface area contributed by atoms with E-state index in [4.69, 9.17) is 49.0 Å². The number of benzene rings is 1. The average molecular weight is 606 g/mol. The SMILES string of the molecule is CC1(C)O[C@H](CO)[C@@H](COC(=O)c2ccc(CCC[C@@H]3[C@@H](CCc4cc(Cl)cc(Cl)c4)[C@H](O)C[C@H]3Cl)s2)O1. The molecule has 2 fully saturated rings. The number of carbonyl (C=O) groups is 1. The molecule has 1 aromatic carbocycles. The lowest BCUT2D eigenvalue weighted by molar-refractivity contribution is -0.151. The number of ether oxygens (including phenoxy) is 3. The van der Waals surface area contributed by atoms with Crippen molar-refractivity contribution < 1.29 is 29.2 Å². The zero-order valence-corrected chi connectivity index (χ0v) is 24.7. The van der Waals surface area contributed by atoms with Crippen LogP contribution in [0.1, 0.15) is 59.6 Å². The number of hydrogen-bond acceptors (Lipinski definition) is 7. The van der Waals surface area contributed by atoms with E-state index in [1.165, 1.54) is 11.3 Å². The number of hydrogen-bond donors (Lipinski definition) is 2. The summed E-state index contributed by atoms with van der Waals surface area (Å²) in [6, 6.07) is 9.29. The van der Waals surface area contributed by atoms with Crippen LogP contribution in [0.25, 0.3) is 0 Å². The van der Waals surface area contributed by atoms with Crippen molar-refractivity contribution in [2.45, 2.75) is 81.8 Å². The third-order valence-electron chi connectivity index (χ3n) is 7.33. The number of esters is 1. The fourth-order valence-corrected chi connectivity index (χ4v) is 7.60. The van der Waals surface area contributed by atoms with E-state index in [0.717, 1.165) is 42.5 Å². The molecule has 0 bridgehead atoms. The molecule has 1 aliphatic carbocycles. The van der Waals surface area contributed by atoms with Gasteiger partial charge in [-0.1, -0.05) is 23.2 Å². The summed E-state index contributed by atoms with van der Waals surface area (Å²) in [5.74, 6) is -0.881. The molecule has 1 saturated heterocycles. The van der Waals surface area contributed by atoms with Crippen LogP contribution in [0.2, 0.25) is 10.0 Å². The summed E-state index contributed by atoms with van der Waals surface area (Å²) in [5, 5.41) is 21.3. The highest BCUT2D eigenvalue weighted by Gasteiger charge is 2.42. The van der Waals surface area contributed by atoms with Crippen molar-refractivity contribution in [3.05, 3.63) is 55.7 Å². The number of aliphatic hydroxyl groups is 2. The van der Waals surface area contributed by atoms with Crippen molar-refractivity contribution in [2.75, 3.05) is 13.2 Å². The molecule has 0 unspecified atom stereocenters. The zero-order valence-electron chi connectivity index (χ0n) is 21.6. The highest BCUT2D eigenvalue weighted by Crippen LogP contribution is 2.42. The first-order valence-electron chi connectivity index (χ1n) is 13.0. The van der Waals surface area contributed by atoms with Gasteiger partial charge >= 0.3 is 5.97 Å². The van der Waals surface area contributed by atoms with E-state index in [-0.39, 0.29) is 30.4 Å². The van der Waals surface area contributed by atoms with Crippen molar-refractivity contribution in [1.82, 2.24) is 0 Å². The molecule has 4 rings (SSSR count). The Morgan fingerprint density at radius 1 is 1.08 bits per heavy atom. The van der Waals surface area contributed by atoms with E-state index in [1.807, 2.05) is 18.2 Å². The van der Waals surface area contributed by atoms with E-state index in [0.29, 0.717) is 21.3 Å². The Morgan fingerprint density at radius 2 is 1.79 bits per heavy atom. The molecule has 2 aromatic rings. The summed E-state index contributed by atoms with van der Waals surface area (Å²) in [4.78, 5) is 14.2. The maximum absolute atomic E-state index is 12.6. The number of carbonyl (C=O) groups excluding carboxylic acids is 1. The Morgan fingerprint density at radius 3 is 2.50 bits per heavy atom. The molecule has 38 heavy (non-hydrogen) atoms. The predicted octanol–water partition coefficient (Wildman–Crippen LogP) is 6.28. The molecular weight excluding hydrogens is 571 g/mol. The molecule has 210 valence electrons. The van der Waals surface area contributed by atoms with Gasteiger partial charge in [0.15, 0.2) is 5.79 Å². The number of thiophene rings is 1. The fourth-order valence-electron chi connectivity index (χ4n) is 5.59. The summed E-state index contributed by atoms with van der Waals surface area (Å²) in [6.45, 7) is 3.34. The summed E-state index contributed by atoms with van der Waals surface area (Å²) in [6.07, 6.45) is 3.41. The molecule has 0 amide bonds. The standard InChI is InChI=1S/C28H35Cl3O6S/c1-28(2)36-24(14-32)25(37-28)15-35-27(34)26-9-7-19(38-26)4-3-5-20-21(23(33)13-22(20)31)8-6-16-10-17(29)12-18(30)11-16/h7,9-12,20-25,32-33H,3-6,8,13-15H2,1-2H3/t20-,21-,22-,23-,24-,25-/m1/s1. The first-order valence-corrected chi connectivity index (χ1v) is 15.0. The van der Waals surface area contributed by atoms with Crippen molar-refractivity contribution >= 4 is 52.1 Å². The van der Waals surface area contributed by atoms with Gasteiger partial charge in [-0.15, -0.1) is 22.9 Å². The largest absolute Gasteiger partial charge is 0.459 e. The molecule has 10 heteroatoms. The lowest BCUT2D eigenvalue weighted by Gasteiger charge is -2.23. The second-order valence-corrected chi connectivity index (χ2v) is 13.2. The van der Waals surface area contributed by atoms with Gasteiger partial charge in [0, 0.05) is 20.3 Å². The molecule has 0 spiro atoms. The second kappa shape index (κ2) is 13.2. The Balaban J connectivity index is 1.25. The molecular formula is C28H35Cl3O6S. The number of aliphatic hydroxyl groups excluding tert-OH is 2. The molecule has 1 saturated carbocycles. The number of rotatable bonds is 11. The van der Waals surface area contributed by atoms with Crippen molar-refractivity contribution in [2.24, 2.45) is 11.8 Å². The minimum Gasteiger partial charge on any atom is -0.459 e. The van der Waals surface area contributed by atoms with E-state index >= 15 is 0 Å². The quantitative estimate of drug-likeness (QED) is 0.232. The predicted molar refractivity (Wildman–Crippen MR) is 150 cm³/mol. The lowest BCUT2D eigenvalue weighted by atomic mass is 9.85. The Bertz CT molecular complexity index is 1070. The van der Waals surface area contributed by atoms with Gasteiger partial charge in [-0.05, 0) is 100 Å². The average Bonchev–Trinajstić information content (AvgIpc) is 3.51. The van der Waals surface area contributed by atoms with E-state index in [1.54, 1.807) is 26.0 Å². The van der Waals surface area contributed by atoms with Gasteiger partial charge in [-0.2, -0.15) is 0 Å². The van der Waals surface area contributed by atoms with Gasteiger partial charge in [0.05, 0.1) is 12.7 Å². The van der Waals surface area contributed by atoms with Crippen LogP contribution in [0.15, 0.2) is 30.3 Å². The monoisotopic (exact) mass is 604 g/mol. The van der Waals surface area contributed by atoms with Crippen molar-refractivity contribution in [1.29, 1.82) is 0 Å². The third kappa shape index (κ3) is 7.85. The van der Waals surface area contributed by atoms with Crippen LogP contribution >= 0.6 is 46.1 Å². The first-order chi connectivity index (χ1) is 18.0. The molecule has 1 aliphatic heterocycles. The lowest BCUT2D eigenvalue weighted by Crippen LogP contribution is -2.31. The molecule has 2 aliphatic rings. The molecule has 1 aromatic heterocycles. The molecule has 0 radical (unpaired) electrons. The minimum atomic E-state index is -0.819. The maximum Gasteiger partial charge on any atom is 0.348 e. The smallest absolute Gasteiger partial charge is 0.348 e. The highest BCUT2D eigenvalue weighted by molar-refractivity contribution is 7.13. The number of aryl methyl sites for hydroxylation is 2. The molecule has 2 N–H and O–H groups in total. The zero-order chi connectivity index (χ0) is 27.4. The fraction of sp³-hybridized carbons (Fsp3) is 0.607. The number of halogens is 3. The Kier molecular flexibility index (Phi) is 10.4. The summed E-state index contributed by atoms with van der Waals surface area (Å²) < 4.78 is 16.8. The van der Waals surface area contributed by atoms with Gasteiger partial charge in [0.1, 0.15) is 23.7 Å². The van der Waals surface area contributed by atoms with E-state index in [2.05, 4.69) is 0 Å². The molecule has 6 nitrogen and oxygen atoms in total. The maximum atomic E-state index is 12.6. The molecule has 6 atom stereocenters. The summed E-state index contributed by atoms with van der Waals surface area (Å²) in [7, 11) is 0. The van der Waals surface area contributed by atoms with Crippen LogP contribution in [0.3, 0.4) is 0 Å². The second-order valence-electron chi connectivity index (χ2n) is 10.6. The van der Waals surface area contributed by atoms with Gasteiger partial charge in [-0.3, -0.25) is 0 Å². The summed E-state index contributed by atoms with van der Waals surface area (Å²) >= 11 is 20.4. The summed E-state index contributed by atoms with van der Waals surface area (Å²) in [5.41, 5.74) is 1.06.